The number of aliphatic hydroxyl groups is 3. The number of hydrogen-bond donors (Lipinski definition) is 4. The minimum atomic E-state index is -1.41. The minimum absolute atomic E-state index is 0.00125. The van der Waals surface area contributed by atoms with Gasteiger partial charge >= 0.3 is 12.1 Å². The van der Waals surface area contributed by atoms with Gasteiger partial charge in [0.15, 0.2) is 6.23 Å². The lowest BCUT2D eigenvalue weighted by Gasteiger charge is -2.31. The fourth-order valence-corrected chi connectivity index (χ4v) is 6.03. The molecule has 0 bridgehead atoms. The van der Waals surface area contributed by atoms with E-state index in [0.29, 0.717) is 23.3 Å². The second-order valence-electron chi connectivity index (χ2n) is 8.14. The first-order chi connectivity index (χ1) is 16.2. The van der Waals surface area contributed by atoms with Crippen LogP contribution in [0.15, 0.2) is 24.3 Å². The maximum absolute atomic E-state index is 13.3. The van der Waals surface area contributed by atoms with Crippen LogP contribution in [0, 0.1) is 0 Å². The summed E-state index contributed by atoms with van der Waals surface area (Å²) in [6.45, 7) is 5.14. The summed E-state index contributed by atoms with van der Waals surface area (Å²) in [7, 11) is 2.75. The summed E-state index contributed by atoms with van der Waals surface area (Å²) < 4.78 is 5.46. The quantitative estimate of drug-likeness (QED) is 0.220. The van der Waals surface area contributed by atoms with E-state index in [-0.39, 0.29) is 36.1 Å². The van der Waals surface area contributed by atoms with Crippen molar-refractivity contribution in [3.63, 3.8) is 0 Å². The lowest BCUT2D eigenvalue weighted by Crippen LogP contribution is -2.51. The van der Waals surface area contributed by atoms with Gasteiger partial charge in [-0.15, -0.1) is 0 Å². The van der Waals surface area contributed by atoms with Crippen LogP contribution < -0.4 is 4.90 Å². The number of ether oxygens (including phenoxy) is 1. The number of carbonyl (C=O) groups excluding carboxylic acids is 2. The Bertz CT molecular complexity index is 972. The van der Waals surface area contributed by atoms with Gasteiger partial charge in [-0.05, 0) is 36.6 Å². The number of aliphatic carboxylic acids is 1. The highest BCUT2D eigenvalue weighted by Crippen LogP contribution is 2.38. The van der Waals surface area contributed by atoms with Gasteiger partial charge in [0.05, 0.1) is 36.9 Å². The minimum Gasteiger partial charge on any atom is -0.481 e. The zero-order valence-corrected chi connectivity index (χ0v) is 20.3. The van der Waals surface area contributed by atoms with Crippen molar-refractivity contribution in [3.05, 3.63) is 41.0 Å². The summed E-state index contributed by atoms with van der Waals surface area (Å²) in [5, 5.41) is 39.1. The number of aliphatic hydroxyl groups excluding tert-OH is 3. The normalized spacial score (nSPS) is 20.6. The highest BCUT2D eigenvalue weighted by atomic mass is 33.1. The average Bonchev–Trinajstić information content (AvgIpc) is 3.18. The second kappa shape index (κ2) is 11.5. The maximum atomic E-state index is 13.3. The van der Waals surface area contributed by atoms with Crippen LogP contribution in [0.5, 0.6) is 0 Å². The number of amides is 2. The molecular weight excluding hydrogens is 484 g/mol. The molecule has 2 heterocycles. The van der Waals surface area contributed by atoms with E-state index >= 15 is 0 Å². The van der Waals surface area contributed by atoms with Crippen molar-refractivity contribution in [1.82, 2.24) is 4.90 Å². The zero-order valence-electron chi connectivity index (χ0n) is 18.7. The Morgan fingerprint density at radius 1 is 1.26 bits per heavy atom. The molecular formula is C22H28N2O8S2. The number of rotatable bonds is 9. The van der Waals surface area contributed by atoms with Gasteiger partial charge in [0.25, 0.3) is 5.91 Å². The van der Waals surface area contributed by atoms with Crippen molar-refractivity contribution < 1.29 is 39.5 Å². The third-order valence-electron chi connectivity index (χ3n) is 5.58. The van der Waals surface area contributed by atoms with Crippen LogP contribution in [0.4, 0.5) is 10.5 Å². The Morgan fingerprint density at radius 3 is 2.59 bits per heavy atom. The molecule has 2 aliphatic rings. The summed E-state index contributed by atoms with van der Waals surface area (Å²) >= 11 is 0. The van der Waals surface area contributed by atoms with E-state index in [2.05, 4.69) is 6.58 Å². The first-order valence-corrected chi connectivity index (χ1v) is 13.0. The van der Waals surface area contributed by atoms with Crippen molar-refractivity contribution in [1.29, 1.82) is 0 Å². The van der Waals surface area contributed by atoms with Gasteiger partial charge in [-0.25, -0.2) is 9.69 Å². The van der Waals surface area contributed by atoms with Gasteiger partial charge < -0.3 is 30.1 Å². The second-order valence-corrected chi connectivity index (χ2v) is 11.1. The molecule has 10 nitrogen and oxygen atoms in total. The Labute approximate surface area is 205 Å². The Hall–Kier alpha value is -2.25. The Kier molecular flexibility index (Phi) is 8.88. The van der Waals surface area contributed by atoms with Crippen LogP contribution in [-0.4, -0.2) is 79.7 Å². The molecule has 1 fully saturated rings. The molecule has 0 radical (unpaired) electrons. The molecule has 3 rings (SSSR count). The maximum Gasteiger partial charge on any atom is 0.416 e. The van der Waals surface area contributed by atoms with Crippen molar-refractivity contribution >= 4 is 45.2 Å². The van der Waals surface area contributed by atoms with Gasteiger partial charge in [0.2, 0.25) is 0 Å². The standard InChI is InChI=1S/C22H28N2O8S2/c1-12-5-18-21(30)24(22(31)32-11-13(2)34-33-4-3-19(27)28)17-7-15(10-26)14(9-25)6-16(17)20(29)23(18)8-12/h6-7,13,18,21,25-26,30H,1,3-5,8-11H2,2H3,(H,27,28)/t13-,18+,21?/m1/s1. The number of carboxylic acids is 1. The zero-order chi connectivity index (χ0) is 25.0. The number of fused-ring (bicyclic) bond motifs is 2. The first kappa shape index (κ1) is 26.4. The molecule has 1 aromatic carbocycles. The number of anilines is 1. The van der Waals surface area contributed by atoms with Crippen molar-refractivity contribution in [2.45, 2.75) is 50.5 Å². The lowest BCUT2D eigenvalue weighted by atomic mass is 10.0. The fourth-order valence-electron chi connectivity index (χ4n) is 3.91. The molecule has 0 spiro atoms. The number of hydrogen-bond acceptors (Lipinski definition) is 9. The molecule has 0 aromatic heterocycles. The summed E-state index contributed by atoms with van der Waals surface area (Å²) in [5.74, 6) is -0.881. The fraction of sp³-hybridized carbons (Fsp3) is 0.500. The van der Waals surface area contributed by atoms with Gasteiger partial charge in [-0.3, -0.25) is 9.59 Å². The largest absolute Gasteiger partial charge is 0.481 e. The molecule has 0 saturated carbocycles. The molecule has 2 aliphatic heterocycles. The van der Waals surface area contributed by atoms with Gasteiger partial charge in [0, 0.05) is 17.5 Å². The van der Waals surface area contributed by atoms with E-state index in [4.69, 9.17) is 9.84 Å². The molecule has 34 heavy (non-hydrogen) atoms. The highest BCUT2D eigenvalue weighted by Gasteiger charge is 2.46. The Balaban J connectivity index is 1.85. The van der Waals surface area contributed by atoms with Crippen LogP contribution >= 0.6 is 21.6 Å². The predicted molar refractivity (Wildman–Crippen MR) is 128 cm³/mol. The summed E-state index contributed by atoms with van der Waals surface area (Å²) in [6, 6.07) is 2.13. The summed E-state index contributed by atoms with van der Waals surface area (Å²) in [5.41, 5.74) is 1.62. The number of benzene rings is 1. The molecule has 12 heteroatoms. The Morgan fingerprint density at radius 2 is 1.94 bits per heavy atom. The van der Waals surface area contributed by atoms with Crippen LogP contribution in [-0.2, 0) is 22.7 Å². The number of carbonyl (C=O) groups is 3. The molecule has 1 aromatic rings. The topological polar surface area (TPSA) is 148 Å². The molecule has 1 saturated heterocycles. The molecule has 1 unspecified atom stereocenters. The van der Waals surface area contributed by atoms with E-state index in [0.717, 1.165) is 10.5 Å². The monoisotopic (exact) mass is 512 g/mol. The predicted octanol–water partition coefficient (Wildman–Crippen LogP) is 1.96. The van der Waals surface area contributed by atoms with Crippen molar-refractivity contribution in [3.8, 4) is 0 Å². The number of carboxylic acid groups (broad SMARTS) is 1. The van der Waals surface area contributed by atoms with E-state index < -0.39 is 43.5 Å². The van der Waals surface area contributed by atoms with Crippen molar-refractivity contribution in [2.24, 2.45) is 0 Å². The van der Waals surface area contributed by atoms with Crippen LogP contribution in [0.25, 0.3) is 0 Å². The number of nitrogens with zero attached hydrogens (tertiary/aromatic N) is 2. The molecule has 4 N–H and O–H groups in total. The lowest BCUT2D eigenvalue weighted by molar-refractivity contribution is -0.136. The van der Waals surface area contributed by atoms with Crippen LogP contribution in [0.1, 0.15) is 41.3 Å². The third-order valence-corrected chi connectivity index (χ3v) is 8.45. The summed E-state index contributed by atoms with van der Waals surface area (Å²) in [6.07, 6.45) is -1.92. The third kappa shape index (κ3) is 5.69. The van der Waals surface area contributed by atoms with E-state index in [1.807, 2.05) is 6.92 Å². The first-order valence-electron chi connectivity index (χ1n) is 10.7. The van der Waals surface area contributed by atoms with Gasteiger partial charge in [-0.1, -0.05) is 33.7 Å². The van der Waals surface area contributed by atoms with Gasteiger partial charge in [-0.2, -0.15) is 0 Å². The smallest absolute Gasteiger partial charge is 0.416 e. The molecule has 3 atom stereocenters. The van der Waals surface area contributed by atoms with E-state index in [9.17, 15) is 29.7 Å². The average molecular weight is 513 g/mol. The summed E-state index contributed by atoms with van der Waals surface area (Å²) in [4.78, 5) is 39.6. The van der Waals surface area contributed by atoms with Gasteiger partial charge in [0.1, 0.15) is 6.61 Å². The molecule has 2 amide bonds. The van der Waals surface area contributed by atoms with Crippen LogP contribution in [0.3, 0.4) is 0 Å². The van der Waals surface area contributed by atoms with E-state index in [1.54, 1.807) is 0 Å². The van der Waals surface area contributed by atoms with E-state index in [1.165, 1.54) is 38.6 Å². The van der Waals surface area contributed by atoms with Crippen molar-refractivity contribution in [2.75, 3.05) is 23.8 Å². The van der Waals surface area contributed by atoms with Crippen LogP contribution in [0.2, 0.25) is 0 Å². The molecule has 186 valence electrons. The SMILES string of the molecule is C=C1C[C@H]2C(O)N(C(=O)OC[C@@H](C)SSCCC(=O)O)c3cc(CO)c(CO)cc3C(=O)N2C1. The molecule has 0 aliphatic carbocycles. The highest BCUT2D eigenvalue weighted by molar-refractivity contribution is 8.76.